The third-order valence-electron chi connectivity index (χ3n) is 3.26. The van der Waals surface area contributed by atoms with E-state index in [4.69, 9.17) is 0 Å². The molecule has 0 radical (unpaired) electrons. The SMILES string of the molecule is Cc1ncsc1CNCCCC1CCNC1. The van der Waals surface area contributed by atoms with Crippen molar-refractivity contribution in [2.24, 2.45) is 5.92 Å². The minimum absolute atomic E-state index is 0.923. The molecule has 2 heterocycles. The Hall–Kier alpha value is -0.450. The van der Waals surface area contributed by atoms with E-state index in [1.807, 2.05) is 5.51 Å². The van der Waals surface area contributed by atoms with Crippen molar-refractivity contribution >= 4 is 11.3 Å². The van der Waals surface area contributed by atoms with Crippen LogP contribution in [0.1, 0.15) is 29.8 Å². The van der Waals surface area contributed by atoms with Gasteiger partial charge in [-0.15, -0.1) is 11.3 Å². The maximum absolute atomic E-state index is 4.25. The van der Waals surface area contributed by atoms with E-state index in [9.17, 15) is 0 Å². The van der Waals surface area contributed by atoms with Gasteiger partial charge in [-0.25, -0.2) is 4.98 Å². The van der Waals surface area contributed by atoms with Gasteiger partial charge in [-0.1, -0.05) is 0 Å². The summed E-state index contributed by atoms with van der Waals surface area (Å²) in [7, 11) is 0. The van der Waals surface area contributed by atoms with E-state index in [0.717, 1.165) is 19.0 Å². The molecule has 0 bridgehead atoms. The van der Waals surface area contributed by atoms with Crippen LogP contribution in [-0.2, 0) is 6.54 Å². The van der Waals surface area contributed by atoms with E-state index in [-0.39, 0.29) is 0 Å². The summed E-state index contributed by atoms with van der Waals surface area (Å²) in [6.07, 6.45) is 4.03. The number of nitrogens with one attached hydrogen (secondary N) is 2. The number of aryl methyl sites for hydroxylation is 1. The predicted octanol–water partition coefficient (Wildman–Crippen LogP) is 1.93. The predicted molar refractivity (Wildman–Crippen MR) is 68.8 cm³/mol. The van der Waals surface area contributed by atoms with Crippen LogP contribution in [0.15, 0.2) is 5.51 Å². The first-order chi connectivity index (χ1) is 7.86. The minimum atomic E-state index is 0.923. The molecular weight excluding hydrogens is 218 g/mol. The summed E-state index contributed by atoms with van der Waals surface area (Å²) in [4.78, 5) is 5.63. The number of rotatable bonds is 6. The summed E-state index contributed by atoms with van der Waals surface area (Å²) in [6, 6.07) is 0. The van der Waals surface area contributed by atoms with Crippen LogP contribution >= 0.6 is 11.3 Å². The zero-order valence-corrected chi connectivity index (χ0v) is 10.8. The highest BCUT2D eigenvalue weighted by atomic mass is 32.1. The summed E-state index contributed by atoms with van der Waals surface area (Å²) in [5.74, 6) is 0.923. The molecule has 90 valence electrons. The molecular formula is C12H21N3S. The van der Waals surface area contributed by atoms with Crippen molar-refractivity contribution in [3.05, 3.63) is 16.1 Å². The van der Waals surface area contributed by atoms with Crippen LogP contribution in [0, 0.1) is 12.8 Å². The fourth-order valence-corrected chi connectivity index (χ4v) is 2.92. The van der Waals surface area contributed by atoms with Crippen molar-refractivity contribution in [1.29, 1.82) is 0 Å². The third-order valence-corrected chi connectivity index (χ3v) is 4.19. The van der Waals surface area contributed by atoms with Gasteiger partial charge in [0, 0.05) is 11.4 Å². The van der Waals surface area contributed by atoms with Gasteiger partial charge in [0.15, 0.2) is 0 Å². The van der Waals surface area contributed by atoms with Gasteiger partial charge in [0.05, 0.1) is 11.2 Å². The van der Waals surface area contributed by atoms with E-state index in [2.05, 4.69) is 22.5 Å². The number of aromatic nitrogens is 1. The highest BCUT2D eigenvalue weighted by molar-refractivity contribution is 7.09. The first kappa shape index (κ1) is 12.0. The molecule has 0 amide bonds. The molecule has 2 rings (SSSR count). The van der Waals surface area contributed by atoms with Gasteiger partial charge in [0.2, 0.25) is 0 Å². The summed E-state index contributed by atoms with van der Waals surface area (Å²) >= 11 is 1.75. The topological polar surface area (TPSA) is 37.0 Å². The molecule has 1 atom stereocenters. The van der Waals surface area contributed by atoms with Gasteiger partial charge < -0.3 is 10.6 Å². The Kier molecular flexibility index (Phi) is 4.75. The Bertz CT molecular complexity index is 305. The van der Waals surface area contributed by atoms with Gasteiger partial charge >= 0.3 is 0 Å². The Balaban J connectivity index is 1.53. The van der Waals surface area contributed by atoms with Crippen LogP contribution in [0.4, 0.5) is 0 Å². The van der Waals surface area contributed by atoms with Gasteiger partial charge in [0.1, 0.15) is 0 Å². The molecule has 16 heavy (non-hydrogen) atoms. The zero-order valence-electron chi connectivity index (χ0n) is 9.96. The van der Waals surface area contributed by atoms with Crippen LogP contribution in [0.25, 0.3) is 0 Å². The number of hydrogen-bond acceptors (Lipinski definition) is 4. The quantitative estimate of drug-likeness (QED) is 0.745. The van der Waals surface area contributed by atoms with E-state index >= 15 is 0 Å². The summed E-state index contributed by atoms with van der Waals surface area (Å²) in [6.45, 7) is 6.65. The van der Waals surface area contributed by atoms with Crippen LogP contribution in [0.2, 0.25) is 0 Å². The van der Waals surface area contributed by atoms with Crippen LogP contribution < -0.4 is 10.6 Å². The first-order valence-electron chi connectivity index (χ1n) is 6.16. The monoisotopic (exact) mass is 239 g/mol. The van der Waals surface area contributed by atoms with E-state index in [1.54, 1.807) is 11.3 Å². The fraction of sp³-hybridized carbons (Fsp3) is 0.750. The summed E-state index contributed by atoms with van der Waals surface area (Å²) in [5.41, 5.74) is 3.11. The lowest BCUT2D eigenvalue weighted by atomic mass is 10.0. The van der Waals surface area contributed by atoms with Crippen molar-refractivity contribution in [3.8, 4) is 0 Å². The van der Waals surface area contributed by atoms with E-state index in [1.165, 1.54) is 42.9 Å². The van der Waals surface area contributed by atoms with Gasteiger partial charge in [-0.05, 0) is 51.7 Å². The lowest BCUT2D eigenvalue weighted by molar-refractivity contribution is 0.492. The van der Waals surface area contributed by atoms with Gasteiger partial charge in [-0.2, -0.15) is 0 Å². The molecule has 0 aromatic carbocycles. The molecule has 0 aliphatic carbocycles. The van der Waals surface area contributed by atoms with Crippen molar-refractivity contribution in [1.82, 2.24) is 15.6 Å². The molecule has 1 aromatic rings. The number of thiazole rings is 1. The minimum Gasteiger partial charge on any atom is -0.316 e. The molecule has 1 saturated heterocycles. The van der Waals surface area contributed by atoms with Crippen molar-refractivity contribution < 1.29 is 0 Å². The maximum atomic E-state index is 4.25. The largest absolute Gasteiger partial charge is 0.316 e. The normalized spacial score (nSPS) is 20.4. The Morgan fingerprint density at radius 2 is 2.56 bits per heavy atom. The summed E-state index contributed by atoms with van der Waals surface area (Å²) in [5, 5.41) is 6.92. The van der Waals surface area contributed by atoms with Gasteiger partial charge in [0.25, 0.3) is 0 Å². The van der Waals surface area contributed by atoms with Crippen LogP contribution in [0.3, 0.4) is 0 Å². The Morgan fingerprint density at radius 1 is 1.62 bits per heavy atom. The average molecular weight is 239 g/mol. The van der Waals surface area contributed by atoms with Gasteiger partial charge in [-0.3, -0.25) is 0 Å². The van der Waals surface area contributed by atoms with Crippen molar-refractivity contribution in [2.45, 2.75) is 32.7 Å². The zero-order chi connectivity index (χ0) is 11.2. The molecule has 1 aliphatic rings. The molecule has 0 saturated carbocycles. The first-order valence-corrected chi connectivity index (χ1v) is 7.04. The van der Waals surface area contributed by atoms with Crippen LogP contribution in [-0.4, -0.2) is 24.6 Å². The molecule has 1 unspecified atom stereocenters. The highest BCUT2D eigenvalue weighted by Gasteiger charge is 2.13. The Morgan fingerprint density at radius 3 is 3.25 bits per heavy atom. The maximum Gasteiger partial charge on any atom is 0.0798 e. The molecule has 3 nitrogen and oxygen atoms in total. The molecule has 0 spiro atoms. The number of hydrogen-bond donors (Lipinski definition) is 2. The van der Waals surface area contributed by atoms with E-state index < -0.39 is 0 Å². The van der Waals surface area contributed by atoms with Crippen molar-refractivity contribution in [2.75, 3.05) is 19.6 Å². The Labute approximate surface area is 102 Å². The molecule has 1 aliphatic heterocycles. The molecule has 1 aromatic heterocycles. The van der Waals surface area contributed by atoms with Crippen LogP contribution in [0.5, 0.6) is 0 Å². The number of nitrogens with zero attached hydrogens (tertiary/aromatic N) is 1. The summed E-state index contributed by atoms with van der Waals surface area (Å²) < 4.78 is 0. The lowest BCUT2D eigenvalue weighted by Crippen LogP contribution is -2.16. The molecule has 2 N–H and O–H groups in total. The highest BCUT2D eigenvalue weighted by Crippen LogP contribution is 2.14. The van der Waals surface area contributed by atoms with Crippen molar-refractivity contribution in [3.63, 3.8) is 0 Å². The molecule has 4 heteroatoms. The second-order valence-electron chi connectivity index (χ2n) is 4.54. The van der Waals surface area contributed by atoms with E-state index in [0.29, 0.717) is 0 Å². The molecule has 1 fully saturated rings. The second kappa shape index (κ2) is 6.33. The third kappa shape index (κ3) is 3.54. The second-order valence-corrected chi connectivity index (χ2v) is 5.48. The smallest absolute Gasteiger partial charge is 0.0798 e. The fourth-order valence-electron chi connectivity index (χ4n) is 2.17. The standard InChI is InChI=1S/C12H21N3S/c1-10-12(16-9-15-10)8-13-5-2-3-11-4-6-14-7-11/h9,11,13-14H,2-8H2,1H3. The average Bonchev–Trinajstić information content (AvgIpc) is 2.90. The lowest BCUT2D eigenvalue weighted by Gasteiger charge is -2.08.